The van der Waals surface area contributed by atoms with E-state index in [1.54, 1.807) is 0 Å². The van der Waals surface area contributed by atoms with E-state index in [0.717, 1.165) is 12.8 Å². The van der Waals surface area contributed by atoms with E-state index in [1.807, 2.05) is 0 Å². The molecule has 2 aliphatic rings. The Bertz CT molecular complexity index is 244. The summed E-state index contributed by atoms with van der Waals surface area (Å²) < 4.78 is 1.28. The molecule has 1 fully saturated rings. The molecule has 2 rings (SSSR count). The van der Waals surface area contributed by atoms with Gasteiger partial charge < -0.3 is 5.11 Å². The Morgan fingerprint density at radius 3 is 2.92 bits per heavy atom. The molecular weight excluding hydrogens is 228 g/mol. The fourth-order valence-electron chi connectivity index (χ4n) is 3.01. The van der Waals surface area contributed by atoms with Crippen molar-refractivity contribution in [3.05, 3.63) is 10.6 Å². The molecule has 2 aliphatic carbocycles. The second-order valence-electron chi connectivity index (χ2n) is 5.10. The first-order chi connectivity index (χ1) is 6.00. The summed E-state index contributed by atoms with van der Waals surface area (Å²) in [6, 6.07) is 0. The summed E-state index contributed by atoms with van der Waals surface area (Å²) in [4.78, 5) is 0. The van der Waals surface area contributed by atoms with Gasteiger partial charge in [-0.15, -0.1) is 0 Å². The molecule has 2 heteroatoms. The Morgan fingerprint density at radius 1 is 1.54 bits per heavy atom. The van der Waals surface area contributed by atoms with E-state index in [0.29, 0.717) is 17.3 Å². The molecule has 0 saturated heterocycles. The highest BCUT2D eigenvalue weighted by Crippen LogP contribution is 2.52. The number of rotatable bonds is 0. The molecule has 0 aromatic heterocycles. The van der Waals surface area contributed by atoms with Crippen molar-refractivity contribution >= 4 is 15.9 Å². The summed E-state index contributed by atoms with van der Waals surface area (Å²) in [5, 5.41) is 9.91. The van der Waals surface area contributed by atoms with Crippen molar-refractivity contribution in [1.82, 2.24) is 0 Å². The first-order valence-corrected chi connectivity index (χ1v) is 5.84. The standard InChI is InChI=1S/C11H17BrO/c1-11(2)6-10(13)8-5-7(12)3-4-9(8)11/h5,8-10,13H,3-4,6H2,1-2H3/t8-,9-,10-/m1/s1. The van der Waals surface area contributed by atoms with Gasteiger partial charge in [0.2, 0.25) is 0 Å². The number of halogens is 1. The van der Waals surface area contributed by atoms with Crippen LogP contribution >= 0.6 is 15.9 Å². The van der Waals surface area contributed by atoms with Crippen molar-refractivity contribution in [2.75, 3.05) is 0 Å². The van der Waals surface area contributed by atoms with Gasteiger partial charge in [0.05, 0.1) is 6.10 Å². The number of allylic oxidation sites excluding steroid dienone is 1. The van der Waals surface area contributed by atoms with Crippen LogP contribution in [0.3, 0.4) is 0 Å². The first-order valence-electron chi connectivity index (χ1n) is 5.05. The Hall–Kier alpha value is 0.180. The maximum absolute atomic E-state index is 9.91. The zero-order valence-electron chi connectivity index (χ0n) is 8.26. The van der Waals surface area contributed by atoms with E-state index in [2.05, 4.69) is 35.9 Å². The highest BCUT2D eigenvalue weighted by atomic mass is 79.9. The molecule has 0 amide bonds. The lowest BCUT2D eigenvalue weighted by atomic mass is 9.74. The van der Waals surface area contributed by atoms with E-state index in [1.165, 1.54) is 10.9 Å². The van der Waals surface area contributed by atoms with Crippen molar-refractivity contribution < 1.29 is 5.11 Å². The van der Waals surface area contributed by atoms with Crippen molar-refractivity contribution in [3.63, 3.8) is 0 Å². The molecule has 0 aromatic rings. The Morgan fingerprint density at radius 2 is 2.23 bits per heavy atom. The number of aliphatic hydroxyl groups is 1. The first kappa shape index (κ1) is 9.72. The monoisotopic (exact) mass is 244 g/mol. The molecule has 74 valence electrons. The van der Waals surface area contributed by atoms with Gasteiger partial charge in [-0.25, -0.2) is 0 Å². The lowest BCUT2D eigenvalue weighted by molar-refractivity contribution is 0.137. The zero-order valence-corrected chi connectivity index (χ0v) is 9.84. The predicted molar refractivity (Wildman–Crippen MR) is 57.6 cm³/mol. The third-order valence-electron chi connectivity index (χ3n) is 3.72. The predicted octanol–water partition coefficient (Wildman–Crippen LogP) is 3.08. The van der Waals surface area contributed by atoms with Crippen LogP contribution in [0.25, 0.3) is 0 Å². The van der Waals surface area contributed by atoms with Crippen molar-refractivity contribution in [1.29, 1.82) is 0 Å². The third kappa shape index (κ3) is 1.59. The molecule has 1 nitrogen and oxygen atoms in total. The molecular formula is C11H17BrO. The van der Waals surface area contributed by atoms with Crippen LogP contribution in [-0.4, -0.2) is 11.2 Å². The van der Waals surface area contributed by atoms with E-state index < -0.39 is 0 Å². The fourth-order valence-corrected chi connectivity index (χ4v) is 3.55. The van der Waals surface area contributed by atoms with Crippen LogP contribution in [0, 0.1) is 17.3 Å². The van der Waals surface area contributed by atoms with E-state index in [-0.39, 0.29) is 6.10 Å². The number of aliphatic hydroxyl groups excluding tert-OH is 1. The molecule has 0 unspecified atom stereocenters. The second kappa shape index (κ2) is 3.09. The van der Waals surface area contributed by atoms with Crippen LogP contribution in [-0.2, 0) is 0 Å². The lowest BCUT2D eigenvalue weighted by Gasteiger charge is -2.32. The maximum atomic E-state index is 9.91. The van der Waals surface area contributed by atoms with Crippen LogP contribution in [0.2, 0.25) is 0 Å². The lowest BCUT2D eigenvalue weighted by Crippen LogP contribution is -2.25. The summed E-state index contributed by atoms with van der Waals surface area (Å²) >= 11 is 3.54. The van der Waals surface area contributed by atoms with Crippen LogP contribution in [0.1, 0.15) is 33.1 Å². The summed E-state index contributed by atoms with van der Waals surface area (Å²) in [7, 11) is 0. The van der Waals surface area contributed by atoms with Gasteiger partial charge in [0.1, 0.15) is 0 Å². The minimum Gasteiger partial charge on any atom is -0.392 e. The number of hydrogen-bond donors (Lipinski definition) is 1. The van der Waals surface area contributed by atoms with Crippen molar-refractivity contribution in [2.24, 2.45) is 17.3 Å². The van der Waals surface area contributed by atoms with Gasteiger partial charge in [0.15, 0.2) is 0 Å². The smallest absolute Gasteiger partial charge is 0.0611 e. The number of hydrogen-bond acceptors (Lipinski definition) is 1. The van der Waals surface area contributed by atoms with Gasteiger partial charge in [-0.2, -0.15) is 0 Å². The average Bonchev–Trinajstić information content (AvgIpc) is 2.22. The highest BCUT2D eigenvalue weighted by molar-refractivity contribution is 9.11. The molecule has 0 bridgehead atoms. The number of fused-ring (bicyclic) bond motifs is 1. The maximum Gasteiger partial charge on any atom is 0.0611 e. The van der Waals surface area contributed by atoms with E-state index in [4.69, 9.17) is 0 Å². The van der Waals surface area contributed by atoms with Gasteiger partial charge >= 0.3 is 0 Å². The van der Waals surface area contributed by atoms with Crippen LogP contribution < -0.4 is 0 Å². The van der Waals surface area contributed by atoms with Crippen LogP contribution in [0.15, 0.2) is 10.6 Å². The molecule has 13 heavy (non-hydrogen) atoms. The SMILES string of the molecule is CC1(C)C[C@@H](O)[C@@H]2C=C(Br)CC[C@H]21. The van der Waals surface area contributed by atoms with E-state index >= 15 is 0 Å². The molecule has 0 aromatic carbocycles. The minimum absolute atomic E-state index is 0.118. The molecule has 0 heterocycles. The highest BCUT2D eigenvalue weighted by Gasteiger charge is 2.47. The van der Waals surface area contributed by atoms with Crippen LogP contribution in [0.5, 0.6) is 0 Å². The minimum atomic E-state index is -0.118. The molecule has 3 atom stereocenters. The fraction of sp³-hybridized carbons (Fsp3) is 0.818. The van der Waals surface area contributed by atoms with Gasteiger partial charge in [0, 0.05) is 5.92 Å². The summed E-state index contributed by atoms with van der Waals surface area (Å²) in [6.07, 6.45) is 5.45. The quantitative estimate of drug-likeness (QED) is 0.695. The molecule has 0 radical (unpaired) electrons. The third-order valence-corrected chi connectivity index (χ3v) is 4.38. The topological polar surface area (TPSA) is 20.2 Å². The molecule has 0 aliphatic heterocycles. The molecule has 1 saturated carbocycles. The normalized spacial score (nSPS) is 42.8. The van der Waals surface area contributed by atoms with Gasteiger partial charge in [0.25, 0.3) is 0 Å². The van der Waals surface area contributed by atoms with E-state index in [9.17, 15) is 5.11 Å². The van der Waals surface area contributed by atoms with Crippen molar-refractivity contribution in [3.8, 4) is 0 Å². The Balaban J connectivity index is 2.27. The van der Waals surface area contributed by atoms with Crippen LogP contribution in [0.4, 0.5) is 0 Å². The summed E-state index contributed by atoms with van der Waals surface area (Å²) in [6.45, 7) is 4.57. The van der Waals surface area contributed by atoms with Gasteiger partial charge in [-0.05, 0) is 35.1 Å². The Kier molecular flexibility index (Phi) is 2.31. The Labute approximate surface area is 88.3 Å². The van der Waals surface area contributed by atoms with Crippen molar-refractivity contribution in [2.45, 2.75) is 39.2 Å². The zero-order chi connectivity index (χ0) is 9.64. The largest absolute Gasteiger partial charge is 0.392 e. The molecule has 0 spiro atoms. The van der Waals surface area contributed by atoms with Gasteiger partial charge in [-0.3, -0.25) is 0 Å². The summed E-state index contributed by atoms with van der Waals surface area (Å²) in [5.74, 6) is 1.09. The average molecular weight is 245 g/mol. The second-order valence-corrected chi connectivity index (χ2v) is 6.11. The van der Waals surface area contributed by atoms with Gasteiger partial charge in [-0.1, -0.05) is 35.9 Å². The molecule has 1 N–H and O–H groups in total. The summed E-state index contributed by atoms with van der Waals surface area (Å²) in [5.41, 5.74) is 0.328.